The molecular weight excluding hydrogens is 423 g/mol. The third-order valence-electron chi connectivity index (χ3n) is 4.50. The maximum atomic E-state index is 12.4. The smallest absolute Gasteiger partial charge is 0.234 e. The lowest BCUT2D eigenvalue weighted by atomic mass is 10.2. The summed E-state index contributed by atoms with van der Waals surface area (Å²) in [5.41, 5.74) is 3.06. The first-order valence-electron chi connectivity index (χ1n) is 9.09. The molecule has 0 aliphatic carbocycles. The second-order valence-corrected chi connectivity index (χ2v) is 8.50. The number of hydrogen-bond acceptors (Lipinski definition) is 2. The number of benzene rings is 3. The lowest BCUT2D eigenvalue weighted by Gasteiger charge is -2.05. The van der Waals surface area contributed by atoms with Crippen molar-refractivity contribution in [3.63, 3.8) is 0 Å². The average molecular weight is 441 g/mol. The number of carbonyl (C=O) groups is 1. The maximum Gasteiger partial charge on any atom is 0.234 e. The number of anilines is 1. The fourth-order valence-corrected chi connectivity index (χ4v) is 4.26. The number of amides is 1. The summed E-state index contributed by atoms with van der Waals surface area (Å²) in [5.74, 6) is 0.282. The van der Waals surface area contributed by atoms with Crippen LogP contribution in [-0.2, 0) is 11.3 Å². The van der Waals surface area contributed by atoms with E-state index >= 15 is 0 Å². The number of nitrogens with zero attached hydrogens (tertiary/aromatic N) is 1. The number of thioether (sulfide) groups is 1. The zero-order chi connectivity index (χ0) is 20.2. The van der Waals surface area contributed by atoms with Gasteiger partial charge >= 0.3 is 0 Å². The van der Waals surface area contributed by atoms with Gasteiger partial charge in [0.2, 0.25) is 5.91 Å². The van der Waals surface area contributed by atoms with E-state index in [0.29, 0.717) is 10.8 Å². The van der Waals surface area contributed by atoms with Crippen molar-refractivity contribution in [2.75, 3.05) is 11.1 Å². The fraction of sp³-hybridized carbons (Fsp3) is 0.0870. The van der Waals surface area contributed by atoms with Crippen molar-refractivity contribution in [2.45, 2.75) is 11.4 Å². The van der Waals surface area contributed by atoms with Gasteiger partial charge in [0.15, 0.2) is 0 Å². The molecule has 1 N–H and O–H groups in total. The Balaban J connectivity index is 1.49. The van der Waals surface area contributed by atoms with E-state index in [1.807, 2.05) is 36.4 Å². The van der Waals surface area contributed by atoms with Gasteiger partial charge in [-0.2, -0.15) is 0 Å². The molecular formula is C23H18Cl2N2OS. The Morgan fingerprint density at radius 2 is 1.55 bits per heavy atom. The van der Waals surface area contributed by atoms with E-state index in [4.69, 9.17) is 23.2 Å². The molecule has 0 saturated carbocycles. The minimum absolute atomic E-state index is 0.0492. The highest BCUT2D eigenvalue weighted by atomic mass is 35.5. The molecule has 1 heterocycles. The van der Waals surface area contributed by atoms with Crippen molar-refractivity contribution in [2.24, 2.45) is 0 Å². The Morgan fingerprint density at radius 3 is 2.28 bits per heavy atom. The molecule has 0 atom stereocenters. The van der Waals surface area contributed by atoms with Crippen LogP contribution in [0.5, 0.6) is 0 Å². The maximum absolute atomic E-state index is 12.4. The summed E-state index contributed by atoms with van der Waals surface area (Å²) in [7, 11) is 0. The monoisotopic (exact) mass is 440 g/mol. The second kappa shape index (κ2) is 8.95. The third kappa shape index (κ3) is 4.96. The quantitative estimate of drug-likeness (QED) is 0.337. The predicted octanol–water partition coefficient (Wildman–Crippen LogP) is 6.73. The first-order chi connectivity index (χ1) is 14.1. The summed E-state index contributed by atoms with van der Waals surface area (Å²) >= 11 is 13.4. The minimum atomic E-state index is -0.0492. The first kappa shape index (κ1) is 19.9. The molecule has 0 aliphatic heterocycles. The van der Waals surface area contributed by atoms with Gasteiger partial charge in [-0.3, -0.25) is 4.79 Å². The number of aromatic nitrogens is 1. The van der Waals surface area contributed by atoms with Crippen molar-refractivity contribution in [1.82, 2.24) is 4.57 Å². The summed E-state index contributed by atoms with van der Waals surface area (Å²) in [4.78, 5) is 13.4. The van der Waals surface area contributed by atoms with Crippen LogP contribution in [0.4, 0.5) is 5.69 Å². The van der Waals surface area contributed by atoms with E-state index in [0.717, 1.165) is 33.1 Å². The van der Waals surface area contributed by atoms with Crippen LogP contribution in [0.3, 0.4) is 0 Å². The Morgan fingerprint density at radius 1 is 0.897 bits per heavy atom. The Hall–Kier alpha value is -2.40. The van der Waals surface area contributed by atoms with Gasteiger partial charge in [0.1, 0.15) is 0 Å². The molecule has 3 aromatic carbocycles. The van der Waals surface area contributed by atoms with E-state index in [9.17, 15) is 4.79 Å². The van der Waals surface area contributed by atoms with E-state index in [2.05, 4.69) is 28.2 Å². The summed E-state index contributed by atoms with van der Waals surface area (Å²) in [6.07, 6.45) is 2.11. The van der Waals surface area contributed by atoms with Gasteiger partial charge in [-0.15, -0.1) is 11.8 Å². The van der Waals surface area contributed by atoms with Gasteiger partial charge in [-0.05, 0) is 48.0 Å². The van der Waals surface area contributed by atoms with Crippen molar-refractivity contribution >= 4 is 57.5 Å². The van der Waals surface area contributed by atoms with E-state index < -0.39 is 0 Å². The first-order valence-corrected chi connectivity index (χ1v) is 10.8. The Labute approximate surface area is 183 Å². The summed E-state index contributed by atoms with van der Waals surface area (Å²) in [6, 6.07) is 23.2. The normalized spacial score (nSPS) is 11.0. The van der Waals surface area contributed by atoms with Gasteiger partial charge in [0.05, 0.1) is 5.75 Å². The van der Waals surface area contributed by atoms with E-state index in [1.54, 1.807) is 24.3 Å². The molecule has 0 spiro atoms. The molecule has 0 fully saturated rings. The standard InChI is InChI=1S/C23H18Cl2N2OS/c24-17-7-5-16(6-8-17)13-27-14-22(20-3-1-2-4-21(20)27)29-15-23(28)26-19-11-9-18(25)10-12-19/h1-12,14H,13,15H2,(H,26,28). The number of para-hydroxylation sites is 1. The third-order valence-corrected chi connectivity index (χ3v) is 6.05. The fourth-order valence-electron chi connectivity index (χ4n) is 3.12. The van der Waals surface area contributed by atoms with Crippen LogP contribution in [0, 0.1) is 0 Å². The van der Waals surface area contributed by atoms with E-state index in [1.165, 1.54) is 17.3 Å². The van der Waals surface area contributed by atoms with Crippen molar-refractivity contribution in [1.29, 1.82) is 0 Å². The molecule has 3 nitrogen and oxygen atoms in total. The zero-order valence-electron chi connectivity index (χ0n) is 15.4. The molecule has 4 rings (SSSR count). The lowest BCUT2D eigenvalue weighted by Crippen LogP contribution is -2.13. The number of fused-ring (bicyclic) bond motifs is 1. The van der Waals surface area contributed by atoms with Crippen LogP contribution >= 0.6 is 35.0 Å². The Bertz CT molecular complexity index is 1140. The van der Waals surface area contributed by atoms with E-state index in [-0.39, 0.29) is 5.91 Å². The molecule has 0 radical (unpaired) electrons. The van der Waals surface area contributed by atoms with Gasteiger partial charge < -0.3 is 9.88 Å². The van der Waals surface area contributed by atoms with Crippen LogP contribution in [0.15, 0.2) is 83.9 Å². The van der Waals surface area contributed by atoms with Crippen LogP contribution < -0.4 is 5.32 Å². The summed E-state index contributed by atoms with van der Waals surface area (Å²) < 4.78 is 2.21. The van der Waals surface area contributed by atoms with Gasteiger partial charge in [0.25, 0.3) is 0 Å². The number of hydrogen-bond donors (Lipinski definition) is 1. The number of carbonyl (C=O) groups excluding carboxylic acids is 1. The average Bonchev–Trinajstić information content (AvgIpc) is 3.08. The van der Waals surface area contributed by atoms with Crippen molar-refractivity contribution < 1.29 is 4.79 Å². The van der Waals surface area contributed by atoms with Crippen LogP contribution in [-0.4, -0.2) is 16.2 Å². The van der Waals surface area contributed by atoms with Crippen LogP contribution in [0.1, 0.15) is 5.56 Å². The van der Waals surface area contributed by atoms with Crippen LogP contribution in [0.25, 0.3) is 10.9 Å². The highest BCUT2D eigenvalue weighted by molar-refractivity contribution is 8.00. The molecule has 0 unspecified atom stereocenters. The Kier molecular flexibility index (Phi) is 6.14. The minimum Gasteiger partial charge on any atom is -0.342 e. The predicted molar refractivity (Wildman–Crippen MR) is 123 cm³/mol. The van der Waals surface area contributed by atoms with Crippen LogP contribution in [0.2, 0.25) is 10.0 Å². The van der Waals surface area contributed by atoms with Gasteiger partial charge in [-0.25, -0.2) is 0 Å². The zero-order valence-corrected chi connectivity index (χ0v) is 17.8. The lowest BCUT2D eigenvalue weighted by molar-refractivity contribution is -0.113. The molecule has 1 aromatic heterocycles. The highest BCUT2D eigenvalue weighted by Crippen LogP contribution is 2.30. The molecule has 0 saturated heterocycles. The molecule has 1 amide bonds. The van der Waals surface area contributed by atoms with Gasteiger partial charge in [-0.1, -0.05) is 53.5 Å². The van der Waals surface area contributed by atoms with Crippen molar-refractivity contribution in [3.8, 4) is 0 Å². The molecule has 0 bridgehead atoms. The summed E-state index contributed by atoms with van der Waals surface area (Å²) in [5, 5.41) is 5.42. The number of nitrogens with one attached hydrogen (secondary N) is 1. The summed E-state index contributed by atoms with van der Waals surface area (Å²) in [6.45, 7) is 0.745. The number of halogens is 2. The SMILES string of the molecule is O=C(CSc1cn(Cc2ccc(Cl)cc2)c2ccccc12)Nc1ccc(Cl)cc1. The molecule has 6 heteroatoms. The molecule has 4 aromatic rings. The van der Waals surface area contributed by atoms with Crippen molar-refractivity contribution in [3.05, 3.63) is 94.6 Å². The second-order valence-electron chi connectivity index (χ2n) is 6.61. The highest BCUT2D eigenvalue weighted by Gasteiger charge is 2.11. The molecule has 146 valence electrons. The molecule has 0 aliphatic rings. The largest absolute Gasteiger partial charge is 0.342 e. The topological polar surface area (TPSA) is 34.0 Å². The van der Waals surface area contributed by atoms with Gasteiger partial charge in [0, 0.05) is 44.3 Å². The molecule has 29 heavy (non-hydrogen) atoms. The number of rotatable bonds is 6.